The summed E-state index contributed by atoms with van der Waals surface area (Å²) in [6.45, 7) is 0. The molecule has 0 saturated heterocycles. The monoisotopic (exact) mass is 263 g/mol. The van der Waals surface area contributed by atoms with Crippen LogP contribution in [0.2, 0.25) is 0 Å². The molecule has 0 aliphatic carbocycles. The first-order valence-electron chi connectivity index (χ1n) is 5.35. The van der Waals surface area contributed by atoms with E-state index in [1.807, 2.05) is 0 Å². The van der Waals surface area contributed by atoms with Crippen LogP contribution in [0.3, 0.4) is 0 Å². The maximum Gasteiger partial charge on any atom is 0.287 e. The Kier molecular flexibility index (Phi) is 3.28. The van der Waals surface area contributed by atoms with Crippen LogP contribution < -0.4 is 5.32 Å². The molecule has 2 aromatic rings. The minimum atomic E-state index is -0.575. The van der Waals surface area contributed by atoms with E-state index in [9.17, 15) is 19.3 Å². The molecule has 19 heavy (non-hydrogen) atoms. The molecule has 98 valence electrons. The Morgan fingerprint density at radius 2 is 2.00 bits per heavy atom. The van der Waals surface area contributed by atoms with E-state index in [2.05, 4.69) is 5.32 Å². The Bertz CT molecular complexity index is 634. The van der Waals surface area contributed by atoms with Crippen LogP contribution >= 0.6 is 0 Å². The number of halogens is 1. The number of nitro groups is 1. The summed E-state index contributed by atoms with van der Waals surface area (Å²) in [5.74, 6) is -0.908. The molecule has 0 atom stereocenters. The van der Waals surface area contributed by atoms with Gasteiger partial charge in [-0.25, -0.2) is 4.39 Å². The molecule has 0 radical (unpaired) electrons. The van der Waals surface area contributed by atoms with E-state index in [1.165, 1.54) is 48.1 Å². The van der Waals surface area contributed by atoms with Gasteiger partial charge in [-0.2, -0.15) is 0 Å². The molecule has 1 aromatic carbocycles. The summed E-state index contributed by atoms with van der Waals surface area (Å²) in [4.78, 5) is 21.9. The lowest BCUT2D eigenvalue weighted by atomic mass is 10.3. The molecule has 0 unspecified atom stereocenters. The average Bonchev–Trinajstić information content (AvgIpc) is 2.74. The van der Waals surface area contributed by atoms with Crippen LogP contribution in [0.15, 0.2) is 36.5 Å². The first-order valence-corrected chi connectivity index (χ1v) is 5.35. The number of aromatic nitrogens is 1. The molecule has 0 saturated carbocycles. The van der Waals surface area contributed by atoms with E-state index in [0.29, 0.717) is 5.69 Å². The number of hydrogen-bond acceptors (Lipinski definition) is 3. The number of nitrogens with one attached hydrogen (secondary N) is 1. The van der Waals surface area contributed by atoms with Gasteiger partial charge in [0.15, 0.2) is 0 Å². The first kappa shape index (κ1) is 12.7. The molecule has 0 bridgehead atoms. The Morgan fingerprint density at radius 1 is 1.37 bits per heavy atom. The fraction of sp³-hybridized carbons (Fsp3) is 0.0833. The molecule has 0 aliphatic heterocycles. The molecule has 2 rings (SSSR count). The van der Waals surface area contributed by atoms with E-state index in [-0.39, 0.29) is 11.4 Å². The molecule has 0 fully saturated rings. The van der Waals surface area contributed by atoms with Gasteiger partial charge < -0.3 is 9.88 Å². The molecule has 1 amide bonds. The lowest BCUT2D eigenvalue weighted by Crippen LogP contribution is -2.15. The maximum atomic E-state index is 12.7. The van der Waals surface area contributed by atoms with Gasteiger partial charge in [-0.1, -0.05) is 0 Å². The lowest BCUT2D eigenvalue weighted by Gasteiger charge is -2.05. The van der Waals surface area contributed by atoms with E-state index in [4.69, 9.17) is 0 Å². The van der Waals surface area contributed by atoms with Crippen molar-refractivity contribution in [2.45, 2.75) is 0 Å². The second kappa shape index (κ2) is 4.89. The molecule has 1 N–H and O–H groups in total. The fourth-order valence-corrected chi connectivity index (χ4v) is 1.60. The van der Waals surface area contributed by atoms with Crippen LogP contribution in [0.5, 0.6) is 0 Å². The predicted molar refractivity (Wildman–Crippen MR) is 66.4 cm³/mol. The molecule has 6 nitrogen and oxygen atoms in total. The topological polar surface area (TPSA) is 77.2 Å². The van der Waals surface area contributed by atoms with Crippen LogP contribution in [0, 0.1) is 15.9 Å². The van der Waals surface area contributed by atoms with Crippen LogP contribution in [-0.4, -0.2) is 15.4 Å². The molecule has 1 aromatic heterocycles. The Hall–Kier alpha value is -2.70. The summed E-state index contributed by atoms with van der Waals surface area (Å²) in [5.41, 5.74) is 0.401. The van der Waals surface area contributed by atoms with Crippen LogP contribution in [-0.2, 0) is 7.05 Å². The minimum absolute atomic E-state index is 0.149. The van der Waals surface area contributed by atoms with Gasteiger partial charge in [-0.05, 0) is 24.3 Å². The van der Waals surface area contributed by atoms with Gasteiger partial charge in [0.1, 0.15) is 11.5 Å². The summed E-state index contributed by atoms with van der Waals surface area (Å²) in [6, 6.07) is 6.42. The van der Waals surface area contributed by atoms with Crippen molar-refractivity contribution in [1.82, 2.24) is 4.57 Å². The molecule has 0 spiro atoms. The molecule has 0 aliphatic rings. The number of rotatable bonds is 3. The van der Waals surface area contributed by atoms with Crippen molar-refractivity contribution in [3.05, 3.63) is 58.2 Å². The highest BCUT2D eigenvalue weighted by Crippen LogP contribution is 2.17. The number of nitrogens with zero attached hydrogens (tertiary/aromatic N) is 2. The van der Waals surface area contributed by atoms with Crippen molar-refractivity contribution in [3.63, 3.8) is 0 Å². The van der Waals surface area contributed by atoms with Gasteiger partial charge in [0.2, 0.25) is 0 Å². The highest BCUT2D eigenvalue weighted by Gasteiger charge is 2.17. The highest BCUT2D eigenvalue weighted by molar-refractivity contribution is 6.03. The second-order valence-electron chi connectivity index (χ2n) is 3.91. The van der Waals surface area contributed by atoms with Crippen molar-refractivity contribution in [1.29, 1.82) is 0 Å². The quantitative estimate of drug-likeness (QED) is 0.682. The number of benzene rings is 1. The van der Waals surface area contributed by atoms with Crippen molar-refractivity contribution < 1.29 is 14.1 Å². The highest BCUT2D eigenvalue weighted by atomic mass is 19.1. The minimum Gasteiger partial charge on any atom is -0.340 e. The molecular weight excluding hydrogens is 253 g/mol. The summed E-state index contributed by atoms with van der Waals surface area (Å²) < 4.78 is 14.1. The second-order valence-corrected chi connectivity index (χ2v) is 3.91. The number of carbonyl (C=O) groups is 1. The van der Waals surface area contributed by atoms with Crippen LogP contribution in [0.1, 0.15) is 10.5 Å². The zero-order chi connectivity index (χ0) is 14.0. The van der Waals surface area contributed by atoms with Crippen molar-refractivity contribution in [2.24, 2.45) is 7.05 Å². The van der Waals surface area contributed by atoms with Gasteiger partial charge in [0.25, 0.3) is 11.6 Å². The Morgan fingerprint density at radius 3 is 2.53 bits per heavy atom. The largest absolute Gasteiger partial charge is 0.340 e. The van der Waals surface area contributed by atoms with Gasteiger partial charge in [0, 0.05) is 18.8 Å². The molecular formula is C12H10FN3O3. The first-order chi connectivity index (χ1) is 8.97. The zero-order valence-corrected chi connectivity index (χ0v) is 9.96. The smallest absolute Gasteiger partial charge is 0.287 e. The summed E-state index contributed by atoms with van der Waals surface area (Å²) in [6.07, 6.45) is 1.25. The Labute approximate surface area is 107 Å². The zero-order valence-electron chi connectivity index (χ0n) is 9.96. The number of carbonyl (C=O) groups excluding carboxylic acids is 1. The van der Waals surface area contributed by atoms with Gasteiger partial charge in [-0.3, -0.25) is 14.9 Å². The standard InChI is InChI=1S/C12H10FN3O3/c1-15-7-10(16(18)19)6-11(15)12(17)14-9-4-2-8(13)3-5-9/h2-7H,1H3,(H,14,17). The number of hydrogen-bond donors (Lipinski definition) is 1. The van der Waals surface area contributed by atoms with Gasteiger partial charge in [0.05, 0.1) is 11.1 Å². The average molecular weight is 263 g/mol. The third-order valence-electron chi connectivity index (χ3n) is 2.54. The number of amides is 1. The third-order valence-corrected chi connectivity index (χ3v) is 2.54. The van der Waals surface area contributed by atoms with Crippen LogP contribution in [0.4, 0.5) is 15.8 Å². The summed E-state index contributed by atoms with van der Waals surface area (Å²) in [7, 11) is 1.53. The summed E-state index contributed by atoms with van der Waals surface area (Å²) in [5, 5.41) is 13.1. The molecule has 7 heteroatoms. The lowest BCUT2D eigenvalue weighted by molar-refractivity contribution is -0.384. The van der Waals surface area contributed by atoms with Crippen LogP contribution in [0.25, 0.3) is 0 Å². The number of anilines is 1. The summed E-state index contributed by atoms with van der Waals surface area (Å²) >= 11 is 0. The van der Waals surface area contributed by atoms with Gasteiger partial charge in [-0.15, -0.1) is 0 Å². The fourth-order valence-electron chi connectivity index (χ4n) is 1.60. The van der Waals surface area contributed by atoms with E-state index < -0.39 is 16.6 Å². The van der Waals surface area contributed by atoms with E-state index >= 15 is 0 Å². The third kappa shape index (κ3) is 2.76. The normalized spacial score (nSPS) is 10.2. The maximum absolute atomic E-state index is 12.7. The Balaban J connectivity index is 2.20. The molecule has 1 heterocycles. The van der Waals surface area contributed by atoms with E-state index in [1.54, 1.807) is 0 Å². The van der Waals surface area contributed by atoms with Gasteiger partial charge >= 0.3 is 0 Å². The van der Waals surface area contributed by atoms with Crippen molar-refractivity contribution in [3.8, 4) is 0 Å². The SMILES string of the molecule is Cn1cc([N+](=O)[O-])cc1C(=O)Nc1ccc(F)cc1. The van der Waals surface area contributed by atoms with E-state index in [0.717, 1.165) is 0 Å². The van der Waals surface area contributed by atoms with Crippen molar-refractivity contribution >= 4 is 17.3 Å². The predicted octanol–water partition coefficient (Wildman–Crippen LogP) is 2.32. The van der Waals surface area contributed by atoms with Crippen molar-refractivity contribution in [2.75, 3.05) is 5.32 Å². The number of aryl methyl sites for hydroxylation is 1.